The van der Waals surface area contributed by atoms with Crippen molar-refractivity contribution in [1.82, 2.24) is 10.3 Å². The Bertz CT molecular complexity index is 583. The number of carbonyl (C=O) groups excluding carboxylic acids is 1. The summed E-state index contributed by atoms with van der Waals surface area (Å²) in [5, 5.41) is 3.51. The number of anilines is 1. The molecule has 0 aliphatic rings. The van der Waals surface area contributed by atoms with Gasteiger partial charge in [-0.2, -0.15) is 0 Å². The van der Waals surface area contributed by atoms with Gasteiger partial charge in [-0.25, -0.2) is 4.98 Å². The van der Waals surface area contributed by atoms with Crippen LogP contribution >= 0.6 is 11.6 Å². The first kappa shape index (κ1) is 13.4. The van der Waals surface area contributed by atoms with Gasteiger partial charge in [-0.15, -0.1) is 0 Å². The van der Waals surface area contributed by atoms with Gasteiger partial charge in [-0.05, 0) is 36.8 Å². The van der Waals surface area contributed by atoms with Crippen molar-refractivity contribution in [3.63, 3.8) is 0 Å². The smallest absolute Gasteiger partial charge is 0.272 e. The molecule has 0 spiro atoms. The molecule has 0 aliphatic heterocycles. The molecule has 2 aromatic rings. The van der Waals surface area contributed by atoms with Crippen LogP contribution < -0.4 is 11.1 Å². The third kappa shape index (κ3) is 3.23. The van der Waals surface area contributed by atoms with E-state index >= 15 is 0 Å². The lowest BCUT2D eigenvalue weighted by Crippen LogP contribution is -2.28. The van der Waals surface area contributed by atoms with E-state index < -0.39 is 0 Å². The SMILES string of the molecule is C[C@H](NC(=O)c1ncccc1N)c1ccc(Cl)cc1. The molecule has 1 aromatic carbocycles. The van der Waals surface area contributed by atoms with E-state index in [1.54, 1.807) is 24.3 Å². The average molecular weight is 276 g/mol. The highest BCUT2D eigenvalue weighted by Crippen LogP contribution is 2.17. The molecule has 1 amide bonds. The number of nitrogen functional groups attached to an aromatic ring is 1. The average Bonchev–Trinajstić information content (AvgIpc) is 2.39. The summed E-state index contributed by atoms with van der Waals surface area (Å²) in [6, 6.07) is 10.5. The van der Waals surface area contributed by atoms with Crippen LogP contribution in [0.1, 0.15) is 29.0 Å². The molecule has 19 heavy (non-hydrogen) atoms. The Morgan fingerprint density at radius 1 is 1.32 bits per heavy atom. The zero-order chi connectivity index (χ0) is 13.8. The first-order valence-corrected chi connectivity index (χ1v) is 6.22. The zero-order valence-electron chi connectivity index (χ0n) is 10.4. The van der Waals surface area contributed by atoms with Gasteiger partial charge in [0.05, 0.1) is 11.7 Å². The van der Waals surface area contributed by atoms with Crippen LogP contribution in [0, 0.1) is 0 Å². The van der Waals surface area contributed by atoms with Gasteiger partial charge in [0.15, 0.2) is 5.69 Å². The van der Waals surface area contributed by atoms with Crippen LogP contribution in [-0.2, 0) is 0 Å². The molecule has 1 aromatic heterocycles. The van der Waals surface area contributed by atoms with Crippen molar-refractivity contribution in [2.75, 3.05) is 5.73 Å². The monoisotopic (exact) mass is 275 g/mol. The predicted octanol–water partition coefficient (Wildman–Crippen LogP) is 2.81. The molecule has 2 rings (SSSR count). The number of amides is 1. The van der Waals surface area contributed by atoms with Crippen molar-refractivity contribution in [2.24, 2.45) is 0 Å². The maximum absolute atomic E-state index is 12.0. The van der Waals surface area contributed by atoms with Crippen LogP contribution in [0.25, 0.3) is 0 Å². The van der Waals surface area contributed by atoms with E-state index in [0.29, 0.717) is 10.7 Å². The maximum Gasteiger partial charge on any atom is 0.272 e. The van der Waals surface area contributed by atoms with Gasteiger partial charge < -0.3 is 11.1 Å². The number of benzene rings is 1. The first-order chi connectivity index (χ1) is 9.08. The lowest BCUT2D eigenvalue weighted by molar-refractivity contribution is 0.0936. The van der Waals surface area contributed by atoms with Crippen LogP contribution in [0.15, 0.2) is 42.6 Å². The van der Waals surface area contributed by atoms with E-state index in [1.165, 1.54) is 6.20 Å². The number of nitrogens with zero attached hydrogens (tertiary/aromatic N) is 1. The van der Waals surface area contributed by atoms with Gasteiger partial charge in [-0.3, -0.25) is 4.79 Å². The van der Waals surface area contributed by atoms with Crippen molar-refractivity contribution in [2.45, 2.75) is 13.0 Å². The van der Waals surface area contributed by atoms with Crippen molar-refractivity contribution in [3.8, 4) is 0 Å². The van der Waals surface area contributed by atoms with Crippen LogP contribution in [0.2, 0.25) is 5.02 Å². The third-order valence-corrected chi connectivity index (χ3v) is 3.02. The minimum absolute atomic E-state index is 0.147. The Kier molecular flexibility index (Phi) is 4.02. The van der Waals surface area contributed by atoms with E-state index in [9.17, 15) is 4.79 Å². The van der Waals surface area contributed by atoms with E-state index in [2.05, 4.69) is 10.3 Å². The van der Waals surface area contributed by atoms with Crippen molar-refractivity contribution >= 4 is 23.2 Å². The van der Waals surface area contributed by atoms with Gasteiger partial charge in [0.2, 0.25) is 0 Å². The van der Waals surface area contributed by atoms with Crippen molar-refractivity contribution in [3.05, 3.63) is 58.9 Å². The number of carbonyl (C=O) groups is 1. The number of hydrogen-bond donors (Lipinski definition) is 2. The standard InChI is InChI=1S/C14H14ClN3O/c1-9(10-4-6-11(15)7-5-10)18-14(19)13-12(16)3-2-8-17-13/h2-9H,16H2,1H3,(H,18,19)/t9-/m0/s1. The molecule has 0 aliphatic carbocycles. The second-order valence-corrected chi connectivity index (χ2v) is 4.62. The molecule has 4 nitrogen and oxygen atoms in total. The van der Waals surface area contributed by atoms with Crippen LogP contribution in [0.4, 0.5) is 5.69 Å². The van der Waals surface area contributed by atoms with Crippen molar-refractivity contribution < 1.29 is 4.79 Å². The molecule has 1 atom stereocenters. The number of nitrogens with one attached hydrogen (secondary N) is 1. The molecule has 98 valence electrons. The minimum atomic E-state index is -0.291. The fourth-order valence-corrected chi connectivity index (χ4v) is 1.83. The van der Waals surface area contributed by atoms with Gasteiger partial charge >= 0.3 is 0 Å². The highest BCUT2D eigenvalue weighted by atomic mass is 35.5. The summed E-state index contributed by atoms with van der Waals surface area (Å²) in [5.74, 6) is -0.291. The zero-order valence-corrected chi connectivity index (χ0v) is 11.2. The summed E-state index contributed by atoms with van der Waals surface area (Å²) in [4.78, 5) is 16.0. The lowest BCUT2D eigenvalue weighted by atomic mass is 10.1. The predicted molar refractivity (Wildman–Crippen MR) is 76.0 cm³/mol. The Balaban J connectivity index is 2.11. The molecule has 0 unspecified atom stereocenters. The van der Waals surface area contributed by atoms with Gasteiger partial charge in [-0.1, -0.05) is 23.7 Å². The van der Waals surface area contributed by atoms with Gasteiger partial charge in [0.1, 0.15) is 0 Å². The van der Waals surface area contributed by atoms with Crippen molar-refractivity contribution in [1.29, 1.82) is 0 Å². The quantitative estimate of drug-likeness (QED) is 0.905. The van der Waals surface area contributed by atoms with Crippen LogP contribution in [0.5, 0.6) is 0 Å². The molecule has 0 radical (unpaired) electrons. The van der Waals surface area contributed by atoms with Crippen LogP contribution in [-0.4, -0.2) is 10.9 Å². The Labute approximate surface area is 116 Å². The number of rotatable bonds is 3. The summed E-state index contributed by atoms with van der Waals surface area (Å²) in [7, 11) is 0. The lowest BCUT2D eigenvalue weighted by Gasteiger charge is -2.14. The molecule has 0 saturated heterocycles. The number of nitrogens with two attached hydrogens (primary N) is 1. The molecule has 1 heterocycles. The fraction of sp³-hybridized carbons (Fsp3) is 0.143. The second-order valence-electron chi connectivity index (χ2n) is 4.19. The molecule has 0 bridgehead atoms. The van der Waals surface area contributed by atoms with Gasteiger partial charge in [0.25, 0.3) is 5.91 Å². The third-order valence-electron chi connectivity index (χ3n) is 2.77. The van der Waals surface area contributed by atoms with E-state index in [4.69, 9.17) is 17.3 Å². The highest BCUT2D eigenvalue weighted by molar-refractivity contribution is 6.30. The summed E-state index contributed by atoms with van der Waals surface area (Å²) >= 11 is 5.82. The number of hydrogen-bond acceptors (Lipinski definition) is 3. The Hall–Kier alpha value is -2.07. The molecule has 0 saturated carbocycles. The second kappa shape index (κ2) is 5.71. The fourth-order valence-electron chi connectivity index (χ4n) is 1.71. The largest absolute Gasteiger partial charge is 0.397 e. The number of pyridine rings is 1. The number of halogens is 1. The number of aromatic nitrogens is 1. The molecule has 3 N–H and O–H groups in total. The Morgan fingerprint density at radius 3 is 2.63 bits per heavy atom. The summed E-state index contributed by atoms with van der Waals surface area (Å²) in [5.41, 5.74) is 7.28. The normalized spacial score (nSPS) is 11.9. The molecule has 5 heteroatoms. The van der Waals surface area contributed by atoms with E-state index in [0.717, 1.165) is 5.56 Å². The van der Waals surface area contributed by atoms with Crippen LogP contribution in [0.3, 0.4) is 0 Å². The van der Waals surface area contributed by atoms with E-state index in [1.807, 2.05) is 19.1 Å². The maximum atomic E-state index is 12.0. The van der Waals surface area contributed by atoms with Gasteiger partial charge in [0, 0.05) is 11.2 Å². The first-order valence-electron chi connectivity index (χ1n) is 5.84. The minimum Gasteiger partial charge on any atom is -0.397 e. The summed E-state index contributed by atoms with van der Waals surface area (Å²) in [6.45, 7) is 1.89. The van der Waals surface area contributed by atoms with E-state index in [-0.39, 0.29) is 17.6 Å². The molecule has 0 fully saturated rings. The summed E-state index contributed by atoms with van der Waals surface area (Å²) < 4.78 is 0. The topological polar surface area (TPSA) is 68.0 Å². The summed E-state index contributed by atoms with van der Waals surface area (Å²) in [6.07, 6.45) is 1.54. The Morgan fingerprint density at radius 2 is 2.00 bits per heavy atom. The highest BCUT2D eigenvalue weighted by Gasteiger charge is 2.14. The molecular formula is C14H14ClN3O. The molecular weight excluding hydrogens is 262 g/mol.